The molecule has 56 heavy (non-hydrogen) atoms. The van der Waals surface area contributed by atoms with E-state index in [1.165, 1.54) is 6.92 Å². The van der Waals surface area contributed by atoms with Crippen LogP contribution in [0.1, 0.15) is 101 Å². The predicted molar refractivity (Wildman–Crippen MR) is 202 cm³/mol. The Morgan fingerprint density at radius 3 is 2.48 bits per heavy atom. The number of nitrogens with zero attached hydrogens (tertiary/aromatic N) is 6. The molecule has 4 fully saturated rings. The number of rotatable bonds is 9. The van der Waals surface area contributed by atoms with E-state index in [1.54, 1.807) is 18.6 Å². The first-order valence-electron chi connectivity index (χ1n) is 19.5. The molecule has 2 N–H and O–H groups in total. The number of amides is 2. The van der Waals surface area contributed by atoms with Crippen molar-refractivity contribution in [2.75, 3.05) is 23.4 Å². The van der Waals surface area contributed by atoms with E-state index in [1.807, 2.05) is 43.2 Å². The second-order valence-electron chi connectivity index (χ2n) is 17.5. The Kier molecular flexibility index (Phi) is 8.38. The molecule has 2 bridgehead atoms. The van der Waals surface area contributed by atoms with Gasteiger partial charge < -0.3 is 24.8 Å². The number of piperidine rings is 1. The first-order valence-corrected chi connectivity index (χ1v) is 19.5. The minimum Gasteiger partial charge on any atom is -0.376 e. The standard InChI is InChI=1S/C41H46F4N8O3/c1-20(2)51-19-47-29-14-27(48-35(33(29)51)49-28-13-26(21(3)31(42)32(28)43)36(54)50-41(8-9-41)37(44)45)22-11-30-34(46-17-22)39(4,5)38(55)53(30)24-15-40(6,16-24)52-10-7-25-12-23(52)18-56-25/h11,13-14,17,19-20,23-25,37H,7-10,12,15-16,18H2,1-6H3,(H,48,49)(H,50,54)/t23-,24?,25?,40?/m0/s1. The van der Waals surface area contributed by atoms with E-state index >= 15 is 8.78 Å². The summed E-state index contributed by atoms with van der Waals surface area (Å²) in [5.74, 6) is -3.33. The number of likely N-dealkylation sites (tertiary alicyclic amines) is 1. The second kappa shape index (κ2) is 12.7. The summed E-state index contributed by atoms with van der Waals surface area (Å²) in [5.41, 5.74) is -0.108. The Bertz CT molecular complexity index is 2300. The molecule has 2 aliphatic carbocycles. The van der Waals surface area contributed by atoms with Gasteiger partial charge in [0.25, 0.3) is 12.3 Å². The Labute approximate surface area is 322 Å². The molecule has 2 amide bonds. The highest BCUT2D eigenvalue weighted by Gasteiger charge is 2.57. The van der Waals surface area contributed by atoms with Gasteiger partial charge in [0.2, 0.25) is 5.91 Å². The van der Waals surface area contributed by atoms with Crippen molar-refractivity contribution in [2.24, 2.45) is 0 Å². The molecule has 11 nitrogen and oxygen atoms in total. The number of nitrogens with one attached hydrogen (secondary N) is 2. The summed E-state index contributed by atoms with van der Waals surface area (Å²) >= 11 is 0. The highest BCUT2D eigenvalue weighted by atomic mass is 19.3. The van der Waals surface area contributed by atoms with Crippen LogP contribution in [0.2, 0.25) is 0 Å². The molecule has 2 atom stereocenters. The van der Waals surface area contributed by atoms with Gasteiger partial charge in [-0.15, -0.1) is 0 Å². The molecule has 2 saturated carbocycles. The Morgan fingerprint density at radius 1 is 1.04 bits per heavy atom. The summed E-state index contributed by atoms with van der Waals surface area (Å²) in [6.45, 7) is 12.9. The maximum atomic E-state index is 15.7. The molecule has 0 spiro atoms. The SMILES string of the molecule is Cc1c(C(=O)NC2(C(F)F)CC2)cc(Nc2nc(-c3cnc4c(c3)N(C3CC(C)(N5CCC6C[C@H]5CO6)C3)C(=O)C4(C)C)cc3ncn(C(C)C)c23)c(F)c1F. The van der Waals surface area contributed by atoms with E-state index in [-0.39, 0.29) is 53.3 Å². The number of aromatic nitrogens is 4. The number of imidazole rings is 1. The number of carbonyl (C=O) groups is 2. The van der Waals surface area contributed by atoms with Crippen LogP contribution in [-0.4, -0.2) is 85.1 Å². The normalized spacial score (nSPS) is 26.2. The van der Waals surface area contributed by atoms with Crippen LogP contribution < -0.4 is 15.5 Å². The quantitative estimate of drug-likeness (QED) is 0.170. The van der Waals surface area contributed by atoms with Gasteiger partial charge in [-0.3, -0.25) is 19.5 Å². The summed E-state index contributed by atoms with van der Waals surface area (Å²) < 4.78 is 66.4. The van der Waals surface area contributed by atoms with E-state index in [9.17, 15) is 18.4 Å². The first-order chi connectivity index (χ1) is 26.5. The van der Waals surface area contributed by atoms with Crippen LogP contribution in [0.15, 0.2) is 30.7 Å². The number of ether oxygens (including phenoxy) is 1. The maximum absolute atomic E-state index is 15.7. The van der Waals surface area contributed by atoms with Gasteiger partial charge >= 0.3 is 0 Å². The van der Waals surface area contributed by atoms with Crippen LogP contribution in [-0.2, 0) is 14.9 Å². The minimum absolute atomic E-state index is 0.00794. The zero-order chi connectivity index (χ0) is 39.6. The monoisotopic (exact) mass is 774 g/mol. The largest absolute Gasteiger partial charge is 0.376 e. The molecule has 0 radical (unpaired) electrons. The summed E-state index contributed by atoms with van der Waals surface area (Å²) in [5, 5.41) is 5.27. The van der Waals surface area contributed by atoms with Crippen molar-refractivity contribution in [1.82, 2.24) is 29.7 Å². The zero-order valence-electron chi connectivity index (χ0n) is 32.4. The maximum Gasteiger partial charge on any atom is 0.261 e. The number of pyridine rings is 2. The summed E-state index contributed by atoms with van der Waals surface area (Å²) in [6.07, 6.45) is 4.77. The lowest BCUT2D eigenvalue weighted by atomic mass is 9.70. The van der Waals surface area contributed by atoms with E-state index < -0.39 is 40.6 Å². The fourth-order valence-electron chi connectivity index (χ4n) is 9.47. The fourth-order valence-corrected chi connectivity index (χ4v) is 9.47. The Balaban J connectivity index is 1.07. The lowest BCUT2D eigenvalue weighted by Gasteiger charge is -2.57. The van der Waals surface area contributed by atoms with Crippen LogP contribution in [0, 0.1) is 18.6 Å². The van der Waals surface area contributed by atoms with Crippen molar-refractivity contribution in [3.05, 3.63) is 59.2 Å². The molecule has 3 aliphatic heterocycles. The number of halogens is 4. The molecule has 1 aromatic carbocycles. The molecule has 6 heterocycles. The summed E-state index contributed by atoms with van der Waals surface area (Å²) in [4.78, 5) is 46.2. The molecule has 296 valence electrons. The number of fused-ring (bicyclic) bond motifs is 4. The Morgan fingerprint density at radius 2 is 1.79 bits per heavy atom. The van der Waals surface area contributed by atoms with E-state index in [4.69, 9.17) is 14.7 Å². The average molecular weight is 775 g/mol. The van der Waals surface area contributed by atoms with Crippen LogP contribution in [0.5, 0.6) is 0 Å². The fraction of sp³-hybridized carbons (Fsp3) is 0.537. The molecule has 1 unspecified atom stereocenters. The van der Waals surface area contributed by atoms with Gasteiger partial charge in [-0.25, -0.2) is 27.5 Å². The Hall–Kier alpha value is -4.63. The van der Waals surface area contributed by atoms with Gasteiger partial charge in [0.05, 0.1) is 52.7 Å². The molecule has 15 heteroatoms. The number of anilines is 3. The molecular weight excluding hydrogens is 728 g/mol. The second-order valence-corrected chi connectivity index (χ2v) is 17.5. The van der Waals surface area contributed by atoms with E-state index in [2.05, 4.69) is 27.4 Å². The van der Waals surface area contributed by atoms with Gasteiger partial charge in [-0.1, -0.05) is 0 Å². The van der Waals surface area contributed by atoms with Gasteiger partial charge in [-0.05, 0) is 98.3 Å². The van der Waals surface area contributed by atoms with E-state index in [0.29, 0.717) is 40.1 Å². The lowest BCUT2D eigenvalue weighted by molar-refractivity contribution is -0.124. The summed E-state index contributed by atoms with van der Waals surface area (Å²) in [7, 11) is 0. The van der Waals surface area contributed by atoms with Crippen molar-refractivity contribution >= 4 is 40.0 Å². The van der Waals surface area contributed by atoms with Gasteiger partial charge in [-0.2, -0.15) is 0 Å². The van der Waals surface area contributed by atoms with Crippen LogP contribution >= 0.6 is 0 Å². The molecule has 4 aromatic rings. The van der Waals surface area contributed by atoms with Gasteiger partial charge in [0.1, 0.15) is 11.1 Å². The minimum atomic E-state index is -2.80. The summed E-state index contributed by atoms with van der Waals surface area (Å²) in [6, 6.07) is 5.13. The van der Waals surface area contributed by atoms with Crippen molar-refractivity contribution in [2.45, 2.75) is 127 Å². The third kappa shape index (κ3) is 5.62. The van der Waals surface area contributed by atoms with Crippen molar-refractivity contribution in [3.63, 3.8) is 0 Å². The smallest absolute Gasteiger partial charge is 0.261 e. The predicted octanol–water partition coefficient (Wildman–Crippen LogP) is 7.34. The van der Waals surface area contributed by atoms with Crippen molar-refractivity contribution < 1.29 is 31.9 Å². The molecule has 2 saturated heterocycles. The number of benzene rings is 1. The average Bonchev–Trinajstić information content (AvgIpc) is 3.57. The highest BCUT2D eigenvalue weighted by Crippen LogP contribution is 2.51. The topological polar surface area (TPSA) is 118 Å². The molecular formula is C41H46F4N8O3. The number of alkyl halides is 2. The number of hydrogen-bond donors (Lipinski definition) is 2. The van der Waals surface area contributed by atoms with Crippen molar-refractivity contribution in [1.29, 1.82) is 0 Å². The molecule has 5 aliphatic rings. The lowest BCUT2D eigenvalue weighted by Crippen LogP contribution is -2.66. The van der Waals surface area contributed by atoms with Crippen molar-refractivity contribution in [3.8, 4) is 11.3 Å². The van der Waals surface area contributed by atoms with Crippen LogP contribution in [0.3, 0.4) is 0 Å². The first kappa shape index (κ1) is 37.0. The zero-order valence-corrected chi connectivity index (χ0v) is 32.4. The van der Waals surface area contributed by atoms with E-state index in [0.717, 1.165) is 50.6 Å². The van der Waals surface area contributed by atoms with Crippen LogP contribution in [0.4, 0.5) is 34.8 Å². The van der Waals surface area contributed by atoms with Gasteiger partial charge in [0.15, 0.2) is 17.5 Å². The third-order valence-electron chi connectivity index (χ3n) is 13.0. The molecule has 9 rings (SSSR count). The number of hydrogen-bond acceptors (Lipinski definition) is 8. The molecule has 3 aromatic heterocycles. The van der Waals surface area contributed by atoms with Gasteiger partial charge in [0, 0.05) is 53.1 Å². The highest BCUT2D eigenvalue weighted by molar-refractivity contribution is 6.08. The third-order valence-corrected chi connectivity index (χ3v) is 13.0. The van der Waals surface area contributed by atoms with Crippen LogP contribution in [0.25, 0.3) is 22.3 Å². The number of carbonyl (C=O) groups excluding carboxylic acids is 2.